The van der Waals surface area contributed by atoms with Crippen LogP contribution in [0.25, 0.3) is 11.3 Å². The Bertz CT molecular complexity index is 916. The van der Waals surface area contributed by atoms with Crippen molar-refractivity contribution in [1.82, 2.24) is 15.5 Å². The number of aromatic nitrogens is 2. The van der Waals surface area contributed by atoms with Crippen LogP contribution in [0.4, 0.5) is 0 Å². The van der Waals surface area contributed by atoms with Crippen LogP contribution in [0.2, 0.25) is 5.02 Å². The Labute approximate surface area is 171 Å². The lowest BCUT2D eigenvalue weighted by molar-refractivity contribution is 0.0930. The molecule has 0 aliphatic carbocycles. The normalized spacial score (nSPS) is 13.1. The molecule has 0 radical (unpaired) electrons. The van der Waals surface area contributed by atoms with Gasteiger partial charge in [0.15, 0.2) is 0 Å². The Hall–Kier alpha value is -2.59. The maximum atomic E-state index is 12.7. The van der Waals surface area contributed by atoms with E-state index in [1.807, 2.05) is 24.3 Å². The molecule has 3 aromatic rings. The highest BCUT2D eigenvalue weighted by atomic mass is 35.5. The number of hydrogen-bond donors (Lipinski definition) is 2. The third-order valence-electron chi connectivity index (χ3n) is 5.20. The lowest BCUT2D eigenvalue weighted by atomic mass is 9.95. The van der Waals surface area contributed by atoms with Crippen molar-refractivity contribution in [3.8, 4) is 11.3 Å². The van der Waals surface area contributed by atoms with E-state index in [1.54, 1.807) is 6.07 Å². The first-order valence-electron chi connectivity index (χ1n) is 9.73. The number of carbonyl (C=O) groups excluding carboxylic acids is 1. The van der Waals surface area contributed by atoms with Gasteiger partial charge in [0.05, 0.1) is 11.7 Å². The van der Waals surface area contributed by atoms with Crippen LogP contribution in [-0.2, 0) is 0 Å². The maximum Gasteiger partial charge on any atom is 0.269 e. The van der Waals surface area contributed by atoms with Crippen molar-refractivity contribution >= 4 is 17.5 Å². The first-order chi connectivity index (χ1) is 13.5. The van der Waals surface area contributed by atoms with Crippen LogP contribution < -0.4 is 5.32 Å². The summed E-state index contributed by atoms with van der Waals surface area (Å²) in [7, 11) is 0. The number of hydrogen-bond acceptors (Lipinski definition) is 2. The monoisotopic (exact) mass is 395 g/mol. The van der Waals surface area contributed by atoms with Crippen LogP contribution in [0.15, 0.2) is 54.6 Å². The maximum absolute atomic E-state index is 12.7. The third kappa shape index (κ3) is 4.63. The van der Waals surface area contributed by atoms with Gasteiger partial charge in [-0.3, -0.25) is 9.89 Å². The topological polar surface area (TPSA) is 57.8 Å². The number of amides is 1. The molecule has 0 saturated heterocycles. The molecule has 2 aromatic carbocycles. The van der Waals surface area contributed by atoms with E-state index in [2.05, 4.69) is 60.6 Å². The minimum atomic E-state index is -0.162. The van der Waals surface area contributed by atoms with Crippen LogP contribution in [0.1, 0.15) is 67.2 Å². The standard InChI is InChI=1S/C23H26ClN3O/c1-4-15(3)16-6-8-17(9-7-16)20(5-2)25-23(28)22-14-21(26-27-22)18-10-12-19(24)13-11-18/h6-15,20H,4-5H2,1-3H3,(H,25,28)(H,26,27). The van der Waals surface area contributed by atoms with Crippen molar-refractivity contribution < 1.29 is 4.79 Å². The summed E-state index contributed by atoms with van der Waals surface area (Å²) in [6.45, 7) is 6.49. The van der Waals surface area contributed by atoms with E-state index < -0.39 is 0 Å². The van der Waals surface area contributed by atoms with Crippen molar-refractivity contribution in [2.75, 3.05) is 0 Å². The van der Waals surface area contributed by atoms with E-state index in [4.69, 9.17) is 11.6 Å². The van der Waals surface area contributed by atoms with Crippen LogP contribution >= 0.6 is 11.6 Å². The Morgan fingerprint density at radius 1 is 1.04 bits per heavy atom. The van der Waals surface area contributed by atoms with Crippen molar-refractivity contribution in [2.24, 2.45) is 0 Å². The lowest BCUT2D eigenvalue weighted by Crippen LogP contribution is -2.28. The third-order valence-corrected chi connectivity index (χ3v) is 5.45. The second-order valence-corrected chi connectivity index (χ2v) is 7.52. The number of nitrogens with one attached hydrogen (secondary N) is 2. The van der Waals surface area contributed by atoms with Crippen molar-refractivity contribution in [3.05, 3.63) is 76.4 Å². The Balaban J connectivity index is 1.71. The molecule has 28 heavy (non-hydrogen) atoms. The SMILES string of the molecule is CCC(C)c1ccc(C(CC)NC(=O)c2cc(-c3ccc(Cl)cc3)n[nH]2)cc1. The highest BCUT2D eigenvalue weighted by Gasteiger charge is 2.17. The molecule has 1 amide bonds. The van der Waals surface area contributed by atoms with E-state index >= 15 is 0 Å². The molecule has 0 spiro atoms. The van der Waals surface area contributed by atoms with Crippen molar-refractivity contribution in [2.45, 2.75) is 45.6 Å². The second-order valence-electron chi connectivity index (χ2n) is 7.08. The molecule has 1 heterocycles. The fraction of sp³-hybridized carbons (Fsp3) is 0.304. The van der Waals surface area contributed by atoms with E-state index in [0.717, 1.165) is 24.0 Å². The summed E-state index contributed by atoms with van der Waals surface area (Å²) in [5, 5.41) is 10.9. The zero-order valence-electron chi connectivity index (χ0n) is 16.5. The van der Waals surface area contributed by atoms with Gasteiger partial charge in [-0.15, -0.1) is 0 Å². The van der Waals surface area contributed by atoms with Gasteiger partial charge in [0, 0.05) is 10.6 Å². The van der Waals surface area contributed by atoms with Crippen LogP contribution in [0.3, 0.4) is 0 Å². The summed E-state index contributed by atoms with van der Waals surface area (Å²) in [5.74, 6) is 0.380. The van der Waals surface area contributed by atoms with E-state index in [1.165, 1.54) is 5.56 Å². The largest absolute Gasteiger partial charge is 0.344 e. The van der Waals surface area contributed by atoms with Crippen LogP contribution in [0, 0.1) is 0 Å². The molecule has 0 aliphatic rings. The zero-order chi connectivity index (χ0) is 20.1. The molecular formula is C23H26ClN3O. The summed E-state index contributed by atoms with van der Waals surface area (Å²) >= 11 is 5.93. The lowest BCUT2D eigenvalue weighted by Gasteiger charge is -2.18. The summed E-state index contributed by atoms with van der Waals surface area (Å²) in [6, 6.07) is 17.6. The molecule has 2 unspecified atom stereocenters. The fourth-order valence-electron chi connectivity index (χ4n) is 3.16. The van der Waals surface area contributed by atoms with Crippen LogP contribution in [0.5, 0.6) is 0 Å². The summed E-state index contributed by atoms with van der Waals surface area (Å²) < 4.78 is 0. The summed E-state index contributed by atoms with van der Waals surface area (Å²) in [6.07, 6.45) is 1.93. The van der Waals surface area contributed by atoms with E-state index in [-0.39, 0.29) is 11.9 Å². The average Bonchev–Trinajstić information content (AvgIpc) is 3.22. The number of carbonyl (C=O) groups is 1. The van der Waals surface area contributed by atoms with Gasteiger partial charge < -0.3 is 5.32 Å². The van der Waals surface area contributed by atoms with Gasteiger partial charge in [0.2, 0.25) is 0 Å². The smallest absolute Gasteiger partial charge is 0.269 e. The van der Waals surface area contributed by atoms with Gasteiger partial charge in [-0.2, -0.15) is 5.10 Å². The van der Waals surface area contributed by atoms with E-state index in [0.29, 0.717) is 22.3 Å². The van der Waals surface area contributed by atoms with E-state index in [9.17, 15) is 4.79 Å². The molecule has 5 heteroatoms. The summed E-state index contributed by atoms with van der Waals surface area (Å²) in [4.78, 5) is 12.7. The van der Waals surface area contributed by atoms with Gasteiger partial charge in [-0.05, 0) is 48.1 Å². The molecule has 0 saturated carbocycles. The molecular weight excluding hydrogens is 370 g/mol. The Morgan fingerprint density at radius 2 is 1.68 bits per heavy atom. The summed E-state index contributed by atoms with van der Waals surface area (Å²) in [5.41, 5.74) is 4.51. The number of halogens is 1. The highest BCUT2D eigenvalue weighted by Crippen LogP contribution is 2.24. The number of aromatic amines is 1. The van der Waals surface area contributed by atoms with Gasteiger partial charge in [-0.1, -0.05) is 68.8 Å². The molecule has 0 aliphatic heterocycles. The van der Waals surface area contributed by atoms with Crippen molar-refractivity contribution in [3.63, 3.8) is 0 Å². The van der Waals surface area contributed by atoms with Gasteiger partial charge in [0.1, 0.15) is 5.69 Å². The highest BCUT2D eigenvalue weighted by molar-refractivity contribution is 6.30. The molecule has 4 nitrogen and oxygen atoms in total. The predicted octanol–water partition coefficient (Wildman–Crippen LogP) is 6.12. The average molecular weight is 396 g/mol. The number of benzene rings is 2. The second kappa shape index (κ2) is 9.07. The Morgan fingerprint density at radius 3 is 2.29 bits per heavy atom. The van der Waals surface area contributed by atoms with Gasteiger partial charge in [0.25, 0.3) is 5.91 Å². The molecule has 146 valence electrons. The predicted molar refractivity (Wildman–Crippen MR) is 115 cm³/mol. The van der Waals surface area contributed by atoms with Gasteiger partial charge >= 0.3 is 0 Å². The Kier molecular flexibility index (Phi) is 6.53. The van der Waals surface area contributed by atoms with Gasteiger partial charge in [-0.25, -0.2) is 0 Å². The zero-order valence-corrected chi connectivity index (χ0v) is 17.3. The minimum Gasteiger partial charge on any atom is -0.344 e. The quantitative estimate of drug-likeness (QED) is 0.505. The molecule has 2 atom stereocenters. The molecule has 0 fully saturated rings. The van der Waals surface area contributed by atoms with Crippen molar-refractivity contribution in [1.29, 1.82) is 0 Å². The molecule has 3 rings (SSSR count). The fourth-order valence-corrected chi connectivity index (χ4v) is 3.28. The first-order valence-corrected chi connectivity index (χ1v) is 10.1. The molecule has 1 aromatic heterocycles. The molecule has 2 N–H and O–H groups in total. The van der Waals surface area contributed by atoms with Crippen LogP contribution in [-0.4, -0.2) is 16.1 Å². The minimum absolute atomic E-state index is 0.0410. The number of rotatable bonds is 7. The first kappa shape index (κ1) is 20.2. The number of nitrogens with zero attached hydrogens (tertiary/aromatic N) is 1. The molecule has 0 bridgehead atoms. The number of H-pyrrole nitrogens is 1.